The number of nitrogens with one attached hydrogen (secondary N) is 1. The Balaban J connectivity index is 1.82. The van der Waals surface area contributed by atoms with E-state index in [-0.39, 0.29) is 17.2 Å². The van der Waals surface area contributed by atoms with Crippen LogP contribution in [-0.4, -0.2) is 28.0 Å². The minimum Gasteiger partial charge on any atom is -0.504 e. The Morgan fingerprint density at radius 3 is 2.65 bits per heavy atom. The third kappa shape index (κ3) is 3.69. The number of benzene rings is 2. The zero-order chi connectivity index (χ0) is 18.5. The van der Waals surface area contributed by atoms with Crippen molar-refractivity contribution in [2.75, 3.05) is 6.61 Å². The average Bonchev–Trinajstić information content (AvgIpc) is 2.64. The van der Waals surface area contributed by atoms with Crippen molar-refractivity contribution < 1.29 is 14.9 Å². The molecule has 0 spiro atoms. The van der Waals surface area contributed by atoms with Gasteiger partial charge in [0.25, 0.3) is 5.56 Å². The lowest BCUT2D eigenvalue weighted by Gasteiger charge is -2.08. The highest BCUT2D eigenvalue weighted by Gasteiger charge is 2.08. The van der Waals surface area contributed by atoms with Gasteiger partial charge in [0.2, 0.25) is 5.88 Å². The smallest absolute Gasteiger partial charge is 0.258 e. The van der Waals surface area contributed by atoms with Crippen LogP contribution in [-0.2, 0) is 6.54 Å². The summed E-state index contributed by atoms with van der Waals surface area (Å²) in [5.74, 6) is 0.302. The van der Waals surface area contributed by atoms with Gasteiger partial charge in [-0.3, -0.25) is 14.8 Å². The first kappa shape index (κ1) is 17.5. The number of hydrogen-bond acceptors (Lipinski definition) is 5. The van der Waals surface area contributed by atoms with Gasteiger partial charge < -0.3 is 14.9 Å². The topological polar surface area (TPSA) is 94.9 Å². The highest BCUT2D eigenvalue weighted by Crippen LogP contribution is 2.27. The number of rotatable bonds is 6. The van der Waals surface area contributed by atoms with Crippen LogP contribution in [0.3, 0.4) is 0 Å². The van der Waals surface area contributed by atoms with Crippen molar-refractivity contribution in [2.24, 2.45) is 4.99 Å². The SMILES string of the molecule is CCCOc1ccc(CN=Cc2c(O)[nH]c(=O)c3ccccc23)cc1O. The number of aromatic nitrogens is 1. The maximum absolute atomic E-state index is 11.9. The molecule has 0 aliphatic heterocycles. The lowest BCUT2D eigenvalue weighted by atomic mass is 10.1. The maximum Gasteiger partial charge on any atom is 0.258 e. The van der Waals surface area contributed by atoms with E-state index in [0.717, 1.165) is 12.0 Å². The van der Waals surface area contributed by atoms with Gasteiger partial charge in [0, 0.05) is 17.0 Å². The molecule has 0 saturated carbocycles. The Morgan fingerprint density at radius 1 is 1.15 bits per heavy atom. The summed E-state index contributed by atoms with van der Waals surface area (Å²) in [6, 6.07) is 12.2. The van der Waals surface area contributed by atoms with Crippen LogP contribution in [0.25, 0.3) is 10.8 Å². The number of pyridine rings is 1. The summed E-state index contributed by atoms with van der Waals surface area (Å²) in [4.78, 5) is 18.6. The first-order valence-electron chi connectivity index (χ1n) is 8.38. The van der Waals surface area contributed by atoms with E-state index in [9.17, 15) is 15.0 Å². The zero-order valence-corrected chi connectivity index (χ0v) is 14.4. The molecule has 26 heavy (non-hydrogen) atoms. The van der Waals surface area contributed by atoms with E-state index < -0.39 is 0 Å². The molecule has 3 N–H and O–H groups in total. The van der Waals surface area contributed by atoms with Crippen LogP contribution in [0, 0.1) is 0 Å². The van der Waals surface area contributed by atoms with E-state index in [2.05, 4.69) is 9.98 Å². The quantitative estimate of drug-likeness (QED) is 0.593. The second-order valence-electron chi connectivity index (χ2n) is 5.88. The van der Waals surface area contributed by atoms with Crippen LogP contribution in [0.2, 0.25) is 0 Å². The fraction of sp³-hybridized carbons (Fsp3) is 0.200. The van der Waals surface area contributed by atoms with Crippen molar-refractivity contribution >= 4 is 17.0 Å². The summed E-state index contributed by atoms with van der Waals surface area (Å²) in [6.07, 6.45) is 2.38. The third-order valence-corrected chi connectivity index (χ3v) is 3.93. The number of fused-ring (bicyclic) bond motifs is 1. The summed E-state index contributed by atoms with van der Waals surface area (Å²) in [7, 11) is 0. The molecule has 0 fully saturated rings. The monoisotopic (exact) mass is 352 g/mol. The molecule has 0 saturated heterocycles. The summed E-state index contributed by atoms with van der Waals surface area (Å²) < 4.78 is 5.43. The van der Waals surface area contributed by atoms with Gasteiger partial charge in [-0.1, -0.05) is 31.2 Å². The number of aromatic amines is 1. The van der Waals surface area contributed by atoms with E-state index >= 15 is 0 Å². The molecule has 3 aromatic rings. The van der Waals surface area contributed by atoms with Crippen LogP contribution >= 0.6 is 0 Å². The van der Waals surface area contributed by atoms with Crippen molar-refractivity contribution in [1.29, 1.82) is 0 Å². The standard InChI is InChI=1S/C20H20N2O4/c1-2-9-26-18-8-7-13(10-17(18)23)11-21-12-16-14-5-3-4-6-15(14)19(24)22-20(16)25/h3-8,10,12,23H,2,9,11H2,1H3,(H2,22,24,25). The number of phenolic OH excluding ortho intramolecular Hbond substituents is 1. The van der Waals surface area contributed by atoms with Crippen molar-refractivity contribution in [3.8, 4) is 17.4 Å². The van der Waals surface area contributed by atoms with E-state index in [1.54, 1.807) is 36.4 Å². The highest BCUT2D eigenvalue weighted by molar-refractivity contribution is 6.01. The fourth-order valence-electron chi connectivity index (χ4n) is 2.65. The molecule has 6 nitrogen and oxygen atoms in total. The predicted molar refractivity (Wildman–Crippen MR) is 101 cm³/mol. The molecule has 134 valence electrons. The molecule has 0 radical (unpaired) electrons. The summed E-state index contributed by atoms with van der Waals surface area (Å²) in [6.45, 7) is 2.86. The molecule has 6 heteroatoms. The summed E-state index contributed by atoms with van der Waals surface area (Å²) in [5.41, 5.74) is 0.908. The maximum atomic E-state index is 11.9. The molecule has 2 aromatic carbocycles. The van der Waals surface area contributed by atoms with E-state index in [4.69, 9.17) is 4.74 Å². The van der Waals surface area contributed by atoms with Crippen molar-refractivity contribution in [1.82, 2.24) is 4.98 Å². The Bertz CT molecular complexity index is 1010. The largest absolute Gasteiger partial charge is 0.504 e. The number of nitrogens with zero attached hydrogens (tertiary/aromatic N) is 1. The van der Waals surface area contributed by atoms with Crippen LogP contribution in [0.5, 0.6) is 17.4 Å². The van der Waals surface area contributed by atoms with Crippen LogP contribution < -0.4 is 10.3 Å². The number of phenols is 1. The number of aromatic hydroxyl groups is 2. The van der Waals surface area contributed by atoms with Gasteiger partial charge in [0.15, 0.2) is 11.5 Å². The Hall–Kier alpha value is -3.28. The number of aliphatic imine (C=N–C) groups is 1. The summed E-state index contributed by atoms with van der Waals surface area (Å²) >= 11 is 0. The Morgan fingerprint density at radius 2 is 1.92 bits per heavy atom. The number of ether oxygens (including phenoxy) is 1. The van der Waals surface area contributed by atoms with E-state index in [1.807, 2.05) is 13.0 Å². The molecule has 0 aliphatic rings. The number of hydrogen-bond donors (Lipinski definition) is 3. The lowest BCUT2D eigenvalue weighted by Crippen LogP contribution is -2.07. The second-order valence-corrected chi connectivity index (χ2v) is 5.88. The minimum atomic E-state index is -0.345. The zero-order valence-electron chi connectivity index (χ0n) is 14.4. The summed E-state index contributed by atoms with van der Waals surface area (Å²) in [5, 5.41) is 21.2. The molecule has 0 aliphatic carbocycles. The van der Waals surface area contributed by atoms with Gasteiger partial charge >= 0.3 is 0 Å². The molecular formula is C20H20N2O4. The molecule has 0 unspecified atom stereocenters. The molecule has 0 bridgehead atoms. The van der Waals surface area contributed by atoms with Crippen LogP contribution in [0.15, 0.2) is 52.3 Å². The second kappa shape index (κ2) is 7.74. The van der Waals surface area contributed by atoms with Crippen molar-refractivity contribution in [3.05, 3.63) is 63.9 Å². The van der Waals surface area contributed by atoms with Gasteiger partial charge in [-0.2, -0.15) is 0 Å². The van der Waals surface area contributed by atoms with Gasteiger partial charge in [-0.15, -0.1) is 0 Å². The third-order valence-electron chi connectivity index (χ3n) is 3.93. The molecule has 0 amide bonds. The normalized spacial score (nSPS) is 11.3. The van der Waals surface area contributed by atoms with Gasteiger partial charge in [0.1, 0.15) is 0 Å². The van der Waals surface area contributed by atoms with E-state index in [1.165, 1.54) is 6.21 Å². The molecule has 0 atom stereocenters. The average molecular weight is 352 g/mol. The first-order chi connectivity index (χ1) is 12.6. The Labute approximate surface area is 150 Å². The first-order valence-corrected chi connectivity index (χ1v) is 8.38. The van der Waals surface area contributed by atoms with Crippen LogP contribution in [0.4, 0.5) is 0 Å². The Kier molecular flexibility index (Phi) is 5.22. The molecular weight excluding hydrogens is 332 g/mol. The van der Waals surface area contributed by atoms with Crippen LogP contribution in [0.1, 0.15) is 24.5 Å². The van der Waals surface area contributed by atoms with Crippen molar-refractivity contribution in [3.63, 3.8) is 0 Å². The van der Waals surface area contributed by atoms with Gasteiger partial charge in [-0.05, 0) is 30.2 Å². The van der Waals surface area contributed by atoms with E-state index in [0.29, 0.717) is 35.2 Å². The van der Waals surface area contributed by atoms with Crippen molar-refractivity contribution in [2.45, 2.75) is 19.9 Å². The predicted octanol–water partition coefficient (Wildman–Crippen LogP) is 3.35. The molecule has 1 aromatic heterocycles. The number of H-pyrrole nitrogens is 1. The fourth-order valence-corrected chi connectivity index (χ4v) is 2.65. The molecule has 1 heterocycles. The lowest BCUT2D eigenvalue weighted by molar-refractivity contribution is 0.299. The minimum absolute atomic E-state index is 0.0727. The molecule has 3 rings (SSSR count). The highest BCUT2D eigenvalue weighted by atomic mass is 16.5. The van der Waals surface area contributed by atoms with Gasteiger partial charge in [-0.25, -0.2) is 0 Å². The van der Waals surface area contributed by atoms with Gasteiger partial charge in [0.05, 0.1) is 18.7 Å².